The molecule has 13 heteroatoms. The summed E-state index contributed by atoms with van der Waals surface area (Å²) in [5.74, 6) is -2.94. The smallest absolute Gasteiger partial charge is 0.322 e. The first kappa shape index (κ1) is 22.9. The molecule has 10 nitrogen and oxygen atoms in total. The van der Waals surface area contributed by atoms with Crippen molar-refractivity contribution >= 4 is 35.1 Å². The van der Waals surface area contributed by atoms with E-state index < -0.39 is 40.6 Å². The highest BCUT2D eigenvalue weighted by molar-refractivity contribution is 6.31. The van der Waals surface area contributed by atoms with E-state index in [1.807, 2.05) is 0 Å². The van der Waals surface area contributed by atoms with Gasteiger partial charge in [-0.05, 0) is 19.1 Å². The maximum atomic E-state index is 14.3. The Kier molecular flexibility index (Phi) is 5.97. The van der Waals surface area contributed by atoms with E-state index in [4.69, 9.17) is 16.4 Å². The molecule has 0 spiro atoms. The van der Waals surface area contributed by atoms with E-state index in [-0.39, 0.29) is 30.5 Å². The van der Waals surface area contributed by atoms with Gasteiger partial charge in [0.1, 0.15) is 16.5 Å². The van der Waals surface area contributed by atoms with E-state index in [1.54, 1.807) is 6.92 Å². The summed E-state index contributed by atoms with van der Waals surface area (Å²) in [5.41, 5.74) is 1.08. The van der Waals surface area contributed by atoms with E-state index in [0.717, 1.165) is 17.2 Å². The lowest BCUT2D eigenvalue weighted by molar-refractivity contribution is -0.168. The molecule has 0 fully saturated rings. The molecule has 176 valence electrons. The van der Waals surface area contributed by atoms with Crippen LogP contribution in [0.25, 0.3) is 0 Å². The van der Waals surface area contributed by atoms with Crippen molar-refractivity contribution in [1.29, 1.82) is 0 Å². The van der Waals surface area contributed by atoms with Crippen LogP contribution in [0.15, 0.2) is 12.1 Å². The molecular formula is C20H21ClF2N6O4. The zero-order valence-corrected chi connectivity index (χ0v) is 18.7. The summed E-state index contributed by atoms with van der Waals surface area (Å²) in [4.78, 5) is 44.9. The van der Waals surface area contributed by atoms with Crippen molar-refractivity contribution in [3.05, 3.63) is 45.7 Å². The maximum absolute atomic E-state index is 14.3. The first-order chi connectivity index (χ1) is 15.6. The van der Waals surface area contributed by atoms with Gasteiger partial charge >= 0.3 is 6.03 Å². The highest BCUT2D eigenvalue weighted by atomic mass is 35.5. The highest BCUT2D eigenvalue weighted by Gasteiger charge is 2.39. The lowest BCUT2D eigenvalue weighted by Gasteiger charge is -2.33. The number of aromatic nitrogens is 2. The minimum atomic E-state index is -1.08. The van der Waals surface area contributed by atoms with Gasteiger partial charge in [0, 0.05) is 32.1 Å². The summed E-state index contributed by atoms with van der Waals surface area (Å²) in [5, 5.41) is 9.64. The second kappa shape index (κ2) is 8.60. The van der Waals surface area contributed by atoms with Gasteiger partial charge in [-0.25, -0.2) is 18.6 Å². The van der Waals surface area contributed by atoms with Crippen molar-refractivity contribution < 1.29 is 28.0 Å². The van der Waals surface area contributed by atoms with E-state index in [2.05, 4.69) is 15.7 Å². The zero-order chi connectivity index (χ0) is 24.0. The number of nitrogens with one attached hydrogen (secondary N) is 2. The van der Waals surface area contributed by atoms with Gasteiger partial charge in [-0.3, -0.25) is 19.1 Å². The fraction of sp³-hybridized carbons (Fsp3) is 0.400. The maximum Gasteiger partial charge on any atom is 0.322 e. The first-order valence-electron chi connectivity index (χ1n) is 10.1. The van der Waals surface area contributed by atoms with E-state index >= 15 is 0 Å². The van der Waals surface area contributed by atoms with Crippen molar-refractivity contribution in [3.8, 4) is 0 Å². The summed E-state index contributed by atoms with van der Waals surface area (Å²) in [7, 11) is 2.85. The number of benzene rings is 1. The van der Waals surface area contributed by atoms with Crippen molar-refractivity contribution in [2.45, 2.75) is 38.6 Å². The minimum absolute atomic E-state index is 0.0119. The minimum Gasteiger partial charge on any atom is -0.357 e. The average Bonchev–Trinajstić information content (AvgIpc) is 3.07. The fourth-order valence-corrected chi connectivity index (χ4v) is 4.08. The number of likely N-dealkylation sites (N-methyl/N-ethyl adjacent to an activating group) is 1. The van der Waals surface area contributed by atoms with Crippen molar-refractivity contribution in [2.75, 3.05) is 19.4 Å². The molecule has 0 radical (unpaired) electrons. The van der Waals surface area contributed by atoms with Gasteiger partial charge in [0.05, 0.1) is 24.5 Å². The second-order valence-electron chi connectivity index (χ2n) is 7.80. The molecule has 2 aromatic rings. The molecule has 1 aromatic heterocycles. The Hall–Kier alpha value is -3.25. The molecule has 0 bridgehead atoms. The predicted octanol–water partition coefficient (Wildman–Crippen LogP) is 1.93. The Morgan fingerprint density at radius 3 is 2.73 bits per heavy atom. The molecular weight excluding hydrogens is 462 g/mol. The summed E-state index contributed by atoms with van der Waals surface area (Å²) < 4.78 is 29.1. The number of anilines is 1. The Bertz CT molecular complexity index is 1160. The Morgan fingerprint density at radius 2 is 2.03 bits per heavy atom. The highest BCUT2D eigenvalue weighted by Crippen LogP contribution is 2.30. The molecule has 4 amide bonds. The third-order valence-electron chi connectivity index (χ3n) is 5.67. The van der Waals surface area contributed by atoms with Crippen LogP contribution in [-0.2, 0) is 29.1 Å². The number of hydrogen-bond acceptors (Lipinski definition) is 5. The lowest BCUT2D eigenvalue weighted by Crippen LogP contribution is -2.45. The predicted molar refractivity (Wildman–Crippen MR) is 112 cm³/mol. The van der Waals surface area contributed by atoms with Crippen LogP contribution in [0.4, 0.5) is 19.3 Å². The van der Waals surface area contributed by atoms with Gasteiger partial charge in [0.15, 0.2) is 11.9 Å². The summed E-state index contributed by atoms with van der Waals surface area (Å²) >= 11 is 5.59. The number of rotatable bonds is 2. The number of carbonyl (C=O) groups is 3. The number of nitrogens with zero attached hydrogens (tertiary/aromatic N) is 4. The van der Waals surface area contributed by atoms with Crippen LogP contribution in [0.1, 0.15) is 28.7 Å². The van der Waals surface area contributed by atoms with Gasteiger partial charge in [-0.15, -0.1) is 0 Å². The first-order valence-corrected chi connectivity index (χ1v) is 10.5. The van der Waals surface area contributed by atoms with Gasteiger partial charge in [0.2, 0.25) is 0 Å². The second-order valence-corrected chi connectivity index (χ2v) is 8.18. The largest absolute Gasteiger partial charge is 0.357 e. The molecule has 1 aromatic carbocycles. The van der Waals surface area contributed by atoms with Gasteiger partial charge < -0.3 is 15.5 Å². The number of hydrogen-bond donors (Lipinski definition) is 2. The molecule has 2 atom stereocenters. The van der Waals surface area contributed by atoms with E-state index in [0.29, 0.717) is 17.7 Å². The topological polar surface area (TPSA) is 109 Å². The number of fused-ring (bicyclic) bond motifs is 3. The molecule has 0 saturated heterocycles. The zero-order valence-electron chi connectivity index (χ0n) is 18.0. The van der Waals surface area contributed by atoms with E-state index in [9.17, 15) is 23.2 Å². The van der Waals surface area contributed by atoms with Crippen LogP contribution in [0.2, 0.25) is 5.02 Å². The van der Waals surface area contributed by atoms with E-state index in [1.165, 1.54) is 23.7 Å². The third kappa shape index (κ3) is 4.00. The van der Waals surface area contributed by atoms with Crippen LogP contribution in [0.5, 0.6) is 0 Å². The molecule has 0 aliphatic carbocycles. The van der Waals surface area contributed by atoms with Gasteiger partial charge in [-0.2, -0.15) is 5.10 Å². The van der Waals surface area contributed by atoms with Gasteiger partial charge in [-0.1, -0.05) is 11.6 Å². The number of halogens is 3. The number of carbonyl (C=O) groups excluding carboxylic acids is 3. The third-order valence-corrected chi connectivity index (χ3v) is 6.02. The number of amides is 4. The average molecular weight is 483 g/mol. The molecule has 4 rings (SSSR count). The Labute approximate surface area is 192 Å². The number of urea groups is 1. The van der Waals surface area contributed by atoms with Gasteiger partial charge in [0.25, 0.3) is 11.8 Å². The molecule has 2 aliphatic rings. The standard InChI is InChI=1S/C20H21ClF2N6O4/c1-9-6-13-10(7-28(9)20(32)25-12-5-4-11(22)15(21)16(12)23)17-19(31)27(3)33-14(18(30)24-2)8-29(17)26-13/h4-5,9,14H,6-8H2,1-3H3,(H,24,30)(H,25,32)/t9-,14-/m1/s1. The number of hydroxylamine groups is 2. The summed E-state index contributed by atoms with van der Waals surface area (Å²) in [6.07, 6.45) is -0.632. The lowest BCUT2D eigenvalue weighted by atomic mass is 9.99. The Balaban J connectivity index is 1.63. The van der Waals surface area contributed by atoms with Crippen LogP contribution in [0, 0.1) is 11.6 Å². The molecule has 33 heavy (non-hydrogen) atoms. The van der Waals surface area contributed by atoms with Crippen molar-refractivity contribution in [2.24, 2.45) is 0 Å². The quantitative estimate of drug-likeness (QED) is 0.636. The molecule has 3 heterocycles. The molecule has 2 N–H and O–H groups in total. The van der Waals surface area contributed by atoms with Crippen molar-refractivity contribution in [3.63, 3.8) is 0 Å². The molecule has 0 unspecified atom stereocenters. The monoisotopic (exact) mass is 482 g/mol. The summed E-state index contributed by atoms with van der Waals surface area (Å²) in [6.45, 7) is 1.81. The molecule has 0 saturated carbocycles. The van der Waals surface area contributed by atoms with Crippen LogP contribution >= 0.6 is 11.6 Å². The fourth-order valence-electron chi connectivity index (χ4n) is 3.92. The van der Waals surface area contributed by atoms with Crippen molar-refractivity contribution in [1.82, 2.24) is 25.1 Å². The van der Waals surface area contributed by atoms with Crippen LogP contribution in [-0.4, -0.2) is 63.8 Å². The van der Waals surface area contributed by atoms with Crippen LogP contribution in [0.3, 0.4) is 0 Å². The normalized spacial score (nSPS) is 20.1. The Morgan fingerprint density at radius 1 is 1.30 bits per heavy atom. The van der Waals surface area contributed by atoms with Crippen LogP contribution < -0.4 is 10.6 Å². The SMILES string of the molecule is CNC(=O)[C@H]1Cn2nc3c(c2C(=O)N(C)O1)CN(C(=O)Nc1ccc(F)c(Cl)c1F)[C@H](C)C3. The summed E-state index contributed by atoms with van der Waals surface area (Å²) in [6, 6.07) is 1.04. The molecule has 2 aliphatic heterocycles.